The van der Waals surface area contributed by atoms with Crippen molar-refractivity contribution in [2.75, 3.05) is 7.11 Å². The Morgan fingerprint density at radius 3 is 2.75 bits per heavy atom. The summed E-state index contributed by atoms with van der Waals surface area (Å²) in [4.78, 5) is 15.8. The molecule has 0 saturated carbocycles. The van der Waals surface area contributed by atoms with E-state index in [1.165, 1.54) is 31.0 Å². The Hall–Kier alpha value is -3.61. The molecule has 2 aromatic heterocycles. The molecule has 9 heteroatoms. The summed E-state index contributed by atoms with van der Waals surface area (Å²) in [5.41, 5.74) is 4.28. The van der Waals surface area contributed by atoms with E-state index in [1.807, 2.05) is 54.8 Å². The lowest BCUT2D eigenvalue weighted by Crippen LogP contribution is -2.03. The molecule has 2 heterocycles. The molecule has 0 aliphatic carbocycles. The topological polar surface area (TPSA) is 94.0 Å². The Labute approximate surface area is 192 Å². The number of rotatable bonds is 6. The molecule has 4 rings (SSSR count). The quantitative estimate of drug-likeness (QED) is 0.145. The first-order valence-electron chi connectivity index (χ1n) is 9.58. The number of ether oxygens (including phenoxy) is 1. The Balaban J connectivity index is 1.71. The molecular weight excluding hydrogens is 444 g/mol. The van der Waals surface area contributed by atoms with Crippen molar-refractivity contribution in [3.8, 4) is 17.5 Å². The maximum Gasteiger partial charge on any atom is 0.273 e. The Kier molecular flexibility index (Phi) is 5.99. The van der Waals surface area contributed by atoms with Gasteiger partial charge in [-0.2, -0.15) is 5.26 Å². The number of hydrogen-bond donors (Lipinski definition) is 0. The molecule has 0 aliphatic heterocycles. The van der Waals surface area contributed by atoms with E-state index in [1.54, 1.807) is 17.4 Å². The van der Waals surface area contributed by atoms with Crippen molar-refractivity contribution in [3.05, 3.63) is 80.5 Å². The van der Waals surface area contributed by atoms with Crippen LogP contribution in [0.15, 0.2) is 57.8 Å². The normalized spacial score (nSPS) is 11.5. The first-order valence-corrected chi connectivity index (χ1v) is 11.2. The second kappa shape index (κ2) is 8.86. The number of aryl methyl sites for hydroxylation is 1. The van der Waals surface area contributed by atoms with Crippen molar-refractivity contribution in [3.63, 3.8) is 0 Å². The molecule has 7 nitrogen and oxygen atoms in total. The van der Waals surface area contributed by atoms with E-state index in [4.69, 9.17) is 4.74 Å². The summed E-state index contributed by atoms with van der Waals surface area (Å²) < 4.78 is 9.27. The van der Waals surface area contributed by atoms with Gasteiger partial charge in [-0.3, -0.25) is 10.1 Å². The van der Waals surface area contributed by atoms with Gasteiger partial charge in [0.2, 0.25) is 0 Å². The highest BCUT2D eigenvalue weighted by Gasteiger charge is 2.17. The third-order valence-corrected chi connectivity index (χ3v) is 6.98. The number of aromatic nitrogens is 2. The third-order valence-electron chi connectivity index (χ3n) is 4.95. The molecule has 0 unspecified atom stereocenters. The average molecular weight is 463 g/mol. The smallest absolute Gasteiger partial charge is 0.273 e. The maximum absolute atomic E-state index is 11.1. The highest BCUT2D eigenvalue weighted by atomic mass is 32.2. The van der Waals surface area contributed by atoms with Crippen LogP contribution in [0.2, 0.25) is 0 Å². The van der Waals surface area contributed by atoms with Crippen LogP contribution in [0.3, 0.4) is 0 Å². The zero-order chi connectivity index (χ0) is 22.8. The van der Waals surface area contributed by atoms with E-state index in [2.05, 4.69) is 11.1 Å². The number of para-hydroxylation sites is 1. The SMILES string of the molecule is COc1cc([N+](=O)[O-])ccc1-n1c(C)cc(/C=C(\C#N)Sc2nc3ccccc3s2)c1C. The van der Waals surface area contributed by atoms with E-state index in [9.17, 15) is 15.4 Å². The minimum atomic E-state index is -0.450. The van der Waals surface area contributed by atoms with Gasteiger partial charge in [-0.15, -0.1) is 11.3 Å². The van der Waals surface area contributed by atoms with Gasteiger partial charge in [0.25, 0.3) is 5.69 Å². The third kappa shape index (κ3) is 4.10. The van der Waals surface area contributed by atoms with Gasteiger partial charge < -0.3 is 9.30 Å². The number of thioether (sulfide) groups is 1. The minimum Gasteiger partial charge on any atom is -0.494 e. The first kappa shape index (κ1) is 21.6. The molecule has 160 valence electrons. The van der Waals surface area contributed by atoms with Gasteiger partial charge >= 0.3 is 0 Å². The van der Waals surface area contributed by atoms with E-state index in [0.29, 0.717) is 16.3 Å². The molecule has 2 aromatic carbocycles. The molecule has 4 aromatic rings. The van der Waals surface area contributed by atoms with E-state index in [-0.39, 0.29) is 5.69 Å². The van der Waals surface area contributed by atoms with Crippen molar-refractivity contribution in [2.45, 2.75) is 18.2 Å². The van der Waals surface area contributed by atoms with Gasteiger partial charge in [0.15, 0.2) is 4.34 Å². The van der Waals surface area contributed by atoms with Crippen LogP contribution in [-0.2, 0) is 0 Å². The summed E-state index contributed by atoms with van der Waals surface area (Å²) in [6.07, 6.45) is 1.84. The number of thiazole rings is 1. The monoisotopic (exact) mass is 462 g/mol. The number of hydrogen-bond acceptors (Lipinski definition) is 7. The lowest BCUT2D eigenvalue weighted by molar-refractivity contribution is -0.384. The summed E-state index contributed by atoms with van der Waals surface area (Å²) in [5, 5.41) is 20.8. The minimum absolute atomic E-state index is 0.0350. The number of nitro benzene ring substituents is 1. The highest BCUT2D eigenvalue weighted by Crippen LogP contribution is 2.36. The summed E-state index contributed by atoms with van der Waals surface area (Å²) in [6, 6.07) is 16.7. The molecule has 0 spiro atoms. The Morgan fingerprint density at radius 2 is 2.06 bits per heavy atom. The van der Waals surface area contributed by atoms with Crippen LogP contribution in [0.5, 0.6) is 5.75 Å². The number of non-ortho nitro benzene ring substituents is 1. The molecule has 0 saturated heterocycles. The Morgan fingerprint density at radius 1 is 1.28 bits per heavy atom. The van der Waals surface area contributed by atoms with Gasteiger partial charge in [0.1, 0.15) is 11.8 Å². The first-order chi connectivity index (χ1) is 15.4. The molecule has 0 fully saturated rings. The van der Waals surface area contributed by atoms with E-state index < -0.39 is 4.92 Å². The predicted molar refractivity (Wildman–Crippen MR) is 128 cm³/mol. The molecular formula is C23H18N4O3S2. The zero-order valence-corrected chi connectivity index (χ0v) is 19.2. The predicted octanol–water partition coefficient (Wildman–Crippen LogP) is 6.28. The van der Waals surface area contributed by atoms with Crippen LogP contribution in [0, 0.1) is 35.3 Å². The fourth-order valence-corrected chi connectivity index (χ4v) is 5.45. The fraction of sp³-hybridized carbons (Fsp3) is 0.130. The van der Waals surface area contributed by atoms with Crippen LogP contribution in [0.1, 0.15) is 17.0 Å². The van der Waals surface area contributed by atoms with Crippen molar-refractivity contribution in [1.29, 1.82) is 5.26 Å². The fourth-order valence-electron chi connectivity index (χ4n) is 3.48. The Bertz CT molecular complexity index is 1380. The molecule has 0 atom stereocenters. The average Bonchev–Trinajstić information content (AvgIpc) is 3.32. The highest BCUT2D eigenvalue weighted by molar-refractivity contribution is 8.05. The van der Waals surface area contributed by atoms with Gasteiger partial charge in [0, 0.05) is 17.5 Å². The standard InChI is InChI=1S/C23H18N4O3S2/c1-14-10-16(11-18(13-24)31-23-25-19-6-4-5-7-22(19)32-23)15(2)26(14)20-9-8-17(27(28)29)12-21(20)30-3/h4-12H,1-3H3/b18-11+. The molecule has 0 N–H and O–H groups in total. The molecule has 0 aliphatic rings. The van der Waals surface area contributed by atoms with Crippen molar-refractivity contribution in [1.82, 2.24) is 9.55 Å². The second-order valence-electron chi connectivity index (χ2n) is 6.95. The largest absolute Gasteiger partial charge is 0.494 e. The summed E-state index contributed by atoms with van der Waals surface area (Å²) in [5.74, 6) is 0.404. The van der Waals surface area contributed by atoms with Crippen LogP contribution in [0.25, 0.3) is 22.0 Å². The van der Waals surface area contributed by atoms with Crippen LogP contribution < -0.4 is 4.74 Å². The van der Waals surface area contributed by atoms with Crippen LogP contribution in [-0.4, -0.2) is 21.6 Å². The number of nitro groups is 1. The summed E-state index contributed by atoms with van der Waals surface area (Å²) in [6.45, 7) is 3.88. The van der Waals surface area contributed by atoms with Gasteiger partial charge in [0.05, 0.1) is 38.9 Å². The van der Waals surface area contributed by atoms with E-state index >= 15 is 0 Å². The summed E-state index contributed by atoms with van der Waals surface area (Å²) >= 11 is 2.89. The van der Waals surface area contributed by atoms with Crippen molar-refractivity contribution >= 4 is 45.1 Å². The number of benzene rings is 2. The summed E-state index contributed by atoms with van der Waals surface area (Å²) in [7, 11) is 1.49. The zero-order valence-electron chi connectivity index (χ0n) is 17.5. The van der Waals surface area contributed by atoms with Crippen LogP contribution >= 0.6 is 23.1 Å². The second-order valence-corrected chi connectivity index (χ2v) is 9.26. The van der Waals surface area contributed by atoms with E-state index in [0.717, 1.165) is 31.5 Å². The number of nitrogens with zero attached hydrogens (tertiary/aromatic N) is 4. The van der Waals surface area contributed by atoms with Crippen molar-refractivity contribution in [2.24, 2.45) is 0 Å². The number of methoxy groups -OCH3 is 1. The molecule has 32 heavy (non-hydrogen) atoms. The van der Waals surface area contributed by atoms with Gasteiger partial charge in [-0.1, -0.05) is 12.1 Å². The van der Waals surface area contributed by atoms with Crippen molar-refractivity contribution < 1.29 is 9.66 Å². The molecule has 0 amide bonds. The van der Waals surface area contributed by atoms with Gasteiger partial charge in [-0.25, -0.2) is 4.98 Å². The number of nitriles is 1. The lowest BCUT2D eigenvalue weighted by Gasteiger charge is -2.13. The van der Waals surface area contributed by atoms with Gasteiger partial charge in [-0.05, 0) is 61.5 Å². The molecule has 0 radical (unpaired) electrons. The maximum atomic E-state index is 11.1. The molecule has 0 bridgehead atoms. The number of allylic oxidation sites excluding steroid dienone is 1. The lowest BCUT2D eigenvalue weighted by atomic mass is 10.2. The van der Waals surface area contributed by atoms with Crippen LogP contribution in [0.4, 0.5) is 5.69 Å². The number of fused-ring (bicyclic) bond motifs is 1.